The van der Waals surface area contributed by atoms with Gasteiger partial charge in [-0.3, -0.25) is 19.8 Å². The molecular weight excluding hydrogens is 396 g/mol. The highest BCUT2D eigenvalue weighted by Gasteiger charge is 2.31. The fraction of sp³-hybridized carbons (Fsp3) is 0.100. The van der Waals surface area contributed by atoms with Gasteiger partial charge in [0, 0.05) is 18.2 Å². The molecular formula is C20H16N2O4S2. The van der Waals surface area contributed by atoms with Crippen molar-refractivity contribution < 1.29 is 14.5 Å². The van der Waals surface area contributed by atoms with E-state index in [0.29, 0.717) is 32.6 Å². The van der Waals surface area contributed by atoms with E-state index in [4.69, 9.17) is 17.0 Å². The van der Waals surface area contributed by atoms with Crippen molar-refractivity contribution in [2.75, 3.05) is 6.54 Å². The molecule has 6 nitrogen and oxygen atoms in total. The van der Waals surface area contributed by atoms with E-state index in [2.05, 4.69) is 6.58 Å². The number of amides is 1. The summed E-state index contributed by atoms with van der Waals surface area (Å²) in [6, 6.07) is 13.6. The van der Waals surface area contributed by atoms with Crippen LogP contribution in [0.2, 0.25) is 0 Å². The topological polar surface area (TPSA) is 72.7 Å². The number of thioether (sulfide) groups is 1. The van der Waals surface area contributed by atoms with Crippen LogP contribution in [0.25, 0.3) is 6.08 Å². The Labute approximate surface area is 171 Å². The number of hydrogen-bond acceptors (Lipinski definition) is 6. The summed E-state index contributed by atoms with van der Waals surface area (Å²) < 4.78 is 6.31. The Bertz CT molecular complexity index is 988. The second kappa shape index (κ2) is 8.81. The van der Waals surface area contributed by atoms with Crippen LogP contribution >= 0.6 is 24.0 Å². The van der Waals surface area contributed by atoms with Gasteiger partial charge in [-0.15, -0.1) is 6.58 Å². The fourth-order valence-electron chi connectivity index (χ4n) is 2.63. The van der Waals surface area contributed by atoms with Crippen LogP contribution in [0.5, 0.6) is 5.75 Å². The van der Waals surface area contributed by atoms with Crippen molar-refractivity contribution in [1.29, 1.82) is 0 Å². The summed E-state index contributed by atoms with van der Waals surface area (Å²) in [7, 11) is 0. The van der Waals surface area contributed by atoms with Crippen LogP contribution in [-0.4, -0.2) is 26.6 Å². The Kier molecular flexibility index (Phi) is 6.23. The van der Waals surface area contributed by atoms with Crippen molar-refractivity contribution in [3.63, 3.8) is 0 Å². The summed E-state index contributed by atoms with van der Waals surface area (Å²) in [5, 5.41) is 11.2. The molecule has 28 heavy (non-hydrogen) atoms. The van der Waals surface area contributed by atoms with Crippen molar-refractivity contribution in [3.8, 4) is 5.75 Å². The number of benzene rings is 2. The van der Waals surface area contributed by atoms with Gasteiger partial charge in [0.25, 0.3) is 11.6 Å². The monoisotopic (exact) mass is 412 g/mol. The molecule has 0 unspecified atom stereocenters. The maximum absolute atomic E-state index is 12.5. The minimum Gasteiger partial charge on any atom is -0.488 e. The van der Waals surface area contributed by atoms with Gasteiger partial charge in [-0.05, 0) is 18.2 Å². The smallest absolute Gasteiger partial charge is 0.276 e. The van der Waals surface area contributed by atoms with Crippen molar-refractivity contribution in [1.82, 2.24) is 4.90 Å². The molecule has 0 spiro atoms. The lowest BCUT2D eigenvalue weighted by Gasteiger charge is -2.11. The van der Waals surface area contributed by atoms with E-state index in [1.807, 2.05) is 12.1 Å². The molecule has 1 heterocycles. The van der Waals surface area contributed by atoms with Crippen LogP contribution in [0.4, 0.5) is 5.69 Å². The molecule has 0 aromatic heterocycles. The van der Waals surface area contributed by atoms with E-state index in [0.717, 1.165) is 0 Å². The highest BCUT2D eigenvalue weighted by molar-refractivity contribution is 8.26. The zero-order chi connectivity index (χ0) is 20.1. The number of nitro benzene ring substituents is 1. The Hall–Kier alpha value is -2.97. The molecule has 3 rings (SSSR count). The van der Waals surface area contributed by atoms with Crippen molar-refractivity contribution >= 4 is 46.0 Å². The number of para-hydroxylation sites is 2. The summed E-state index contributed by atoms with van der Waals surface area (Å²) in [5.41, 5.74) is 1.17. The molecule has 142 valence electrons. The first-order valence-electron chi connectivity index (χ1n) is 8.31. The highest BCUT2D eigenvalue weighted by Crippen LogP contribution is 2.34. The van der Waals surface area contributed by atoms with E-state index >= 15 is 0 Å². The Balaban J connectivity index is 1.83. The summed E-state index contributed by atoms with van der Waals surface area (Å²) in [6.45, 7) is 4.04. The van der Waals surface area contributed by atoms with Gasteiger partial charge in [0.05, 0.1) is 15.4 Å². The molecule has 0 bridgehead atoms. The minimum atomic E-state index is -0.435. The maximum Gasteiger partial charge on any atom is 0.276 e. The quantitative estimate of drug-likeness (QED) is 0.218. The fourth-order valence-corrected chi connectivity index (χ4v) is 3.89. The zero-order valence-corrected chi connectivity index (χ0v) is 16.4. The number of nitrogens with zero attached hydrogens (tertiary/aromatic N) is 2. The van der Waals surface area contributed by atoms with E-state index in [1.54, 1.807) is 42.5 Å². The number of carbonyl (C=O) groups excluding carboxylic acids is 1. The van der Waals surface area contributed by atoms with Gasteiger partial charge in [0.15, 0.2) is 0 Å². The van der Waals surface area contributed by atoms with Crippen LogP contribution < -0.4 is 4.74 Å². The number of rotatable bonds is 7. The molecule has 2 aromatic carbocycles. The standard InChI is InChI=1S/C20H16N2O4S2/c1-2-11-21-19(23)18(28-20(21)27)12-14-7-4-6-10-17(14)26-13-15-8-3-5-9-16(15)22(24)25/h2-10,12H,1,11,13H2. The molecule has 1 fully saturated rings. The van der Waals surface area contributed by atoms with Crippen LogP contribution in [-0.2, 0) is 11.4 Å². The van der Waals surface area contributed by atoms with Crippen LogP contribution in [0.15, 0.2) is 66.1 Å². The molecule has 0 saturated carbocycles. The van der Waals surface area contributed by atoms with E-state index in [9.17, 15) is 14.9 Å². The number of nitro groups is 1. The minimum absolute atomic E-state index is 0.00489. The molecule has 0 aliphatic carbocycles. The average molecular weight is 412 g/mol. The van der Waals surface area contributed by atoms with Crippen molar-refractivity contribution in [3.05, 3.63) is 87.3 Å². The third-order valence-electron chi connectivity index (χ3n) is 3.96. The number of carbonyl (C=O) groups is 1. The number of thiocarbonyl (C=S) groups is 1. The highest BCUT2D eigenvalue weighted by atomic mass is 32.2. The van der Waals surface area contributed by atoms with Crippen molar-refractivity contribution in [2.45, 2.75) is 6.61 Å². The third-order valence-corrected chi connectivity index (χ3v) is 5.34. The van der Waals surface area contributed by atoms with Gasteiger partial charge in [-0.2, -0.15) is 0 Å². The summed E-state index contributed by atoms with van der Waals surface area (Å²) in [4.78, 5) is 25.2. The first-order valence-corrected chi connectivity index (χ1v) is 9.54. The number of hydrogen-bond donors (Lipinski definition) is 0. The maximum atomic E-state index is 12.5. The Morgan fingerprint density at radius 1 is 1.21 bits per heavy atom. The molecule has 2 aromatic rings. The lowest BCUT2D eigenvalue weighted by molar-refractivity contribution is -0.385. The summed E-state index contributed by atoms with van der Waals surface area (Å²) in [6.07, 6.45) is 3.34. The third kappa shape index (κ3) is 4.29. The van der Waals surface area contributed by atoms with Crippen LogP contribution in [0.1, 0.15) is 11.1 Å². The predicted octanol–water partition coefficient (Wildman–Crippen LogP) is 4.56. The van der Waals surface area contributed by atoms with Crippen LogP contribution in [0.3, 0.4) is 0 Å². The molecule has 1 amide bonds. The van der Waals surface area contributed by atoms with Crippen LogP contribution in [0, 0.1) is 10.1 Å². The molecule has 1 aliphatic rings. The normalized spacial score (nSPS) is 15.1. The summed E-state index contributed by atoms with van der Waals surface area (Å²) >= 11 is 6.47. The van der Waals surface area contributed by atoms with Gasteiger partial charge in [0.2, 0.25) is 0 Å². The van der Waals surface area contributed by atoms with Gasteiger partial charge in [-0.25, -0.2) is 0 Å². The lowest BCUT2D eigenvalue weighted by Crippen LogP contribution is -2.27. The van der Waals surface area contributed by atoms with E-state index in [1.165, 1.54) is 22.7 Å². The molecule has 0 radical (unpaired) electrons. The predicted molar refractivity (Wildman–Crippen MR) is 114 cm³/mol. The Morgan fingerprint density at radius 2 is 1.93 bits per heavy atom. The number of ether oxygens (including phenoxy) is 1. The molecule has 1 aliphatic heterocycles. The molecule has 0 N–H and O–H groups in total. The van der Waals surface area contributed by atoms with E-state index in [-0.39, 0.29) is 18.2 Å². The first-order chi connectivity index (χ1) is 13.5. The SMILES string of the molecule is C=CCN1C(=O)C(=Cc2ccccc2OCc2ccccc2[N+](=O)[O-])SC1=S. The summed E-state index contributed by atoms with van der Waals surface area (Å²) in [5.74, 6) is 0.345. The molecule has 1 saturated heterocycles. The van der Waals surface area contributed by atoms with Crippen molar-refractivity contribution in [2.24, 2.45) is 0 Å². The molecule has 8 heteroatoms. The lowest BCUT2D eigenvalue weighted by atomic mass is 10.1. The zero-order valence-electron chi connectivity index (χ0n) is 14.7. The molecule has 0 atom stereocenters. The first kappa shape index (κ1) is 19.8. The van der Waals surface area contributed by atoms with E-state index < -0.39 is 4.92 Å². The average Bonchev–Trinajstić information content (AvgIpc) is 2.95. The van der Waals surface area contributed by atoms with Gasteiger partial charge < -0.3 is 4.74 Å². The second-order valence-electron chi connectivity index (χ2n) is 5.79. The van der Waals surface area contributed by atoms with Gasteiger partial charge in [0.1, 0.15) is 16.7 Å². The van der Waals surface area contributed by atoms with Gasteiger partial charge >= 0.3 is 0 Å². The second-order valence-corrected chi connectivity index (χ2v) is 7.47. The van der Waals surface area contributed by atoms with Gasteiger partial charge in [-0.1, -0.05) is 60.4 Å². The largest absolute Gasteiger partial charge is 0.488 e. The Morgan fingerprint density at radius 3 is 2.68 bits per heavy atom.